The number of para-hydroxylation sites is 2. The largest absolute Gasteiger partial charge is 0.506 e. The Morgan fingerprint density at radius 2 is 2.00 bits per heavy atom. The third-order valence-electron chi connectivity index (χ3n) is 2.21. The molecule has 0 spiro atoms. The van der Waals surface area contributed by atoms with Crippen LogP contribution < -0.4 is 11.1 Å². The lowest BCUT2D eigenvalue weighted by Crippen LogP contribution is -2.15. The van der Waals surface area contributed by atoms with E-state index in [2.05, 4.69) is 10.3 Å². The number of aromatic hydroxyl groups is 1. The van der Waals surface area contributed by atoms with Gasteiger partial charge in [0.25, 0.3) is 5.91 Å². The van der Waals surface area contributed by atoms with Gasteiger partial charge in [-0.2, -0.15) is 0 Å². The summed E-state index contributed by atoms with van der Waals surface area (Å²) in [7, 11) is 0. The lowest BCUT2D eigenvalue weighted by atomic mass is 10.2. The van der Waals surface area contributed by atoms with Crippen LogP contribution in [0.4, 0.5) is 11.4 Å². The number of nitrogen functional groups attached to an aromatic ring is 1. The van der Waals surface area contributed by atoms with Crippen molar-refractivity contribution in [3.63, 3.8) is 0 Å². The highest BCUT2D eigenvalue weighted by Gasteiger charge is 2.12. The van der Waals surface area contributed by atoms with Crippen LogP contribution in [0.2, 0.25) is 0 Å². The number of carbonyl (C=O) groups is 1. The van der Waals surface area contributed by atoms with E-state index in [-0.39, 0.29) is 11.4 Å². The minimum absolute atomic E-state index is 0.00430. The van der Waals surface area contributed by atoms with Gasteiger partial charge in [0.05, 0.1) is 11.4 Å². The van der Waals surface area contributed by atoms with Gasteiger partial charge in [-0.3, -0.25) is 4.79 Å². The van der Waals surface area contributed by atoms with Crippen LogP contribution in [-0.4, -0.2) is 16.0 Å². The molecule has 1 aromatic heterocycles. The van der Waals surface area contributed by atoms with E-state index in [0.717, 1.165) is 0 Å². The Balaban J connectivity index is 2.24. The van der Waals surface area contributed by atoms with E-state index >= 15 is 0 Å². The van der Waals surface area contributed by atoms with Crippen molar-refractivity contribution in [3.05, 3.63) is 48.3 Å². The van der Waals surface area contributed by atoms with Gasteiger partial charge in [-0.05, 0) is 24.3 Å². The van der Waals surface area contributed by atoms with Gasteiger partial charge in [0, 0.05) is 6.20 Å². The summed E-state index contributed by atoms with van der Waals surface area (Å²) >= 11 is 0. The first kappa shape index (κ1) is 10.9. The predicted molar refractivity (Wildman–Crippen MR) is 64.7 cm³/mol. The smallest absolute Gasteiger partial charge is 0.276 e. The molecule has 0 saturated heterocycles. The maximum absolute atomic E-state index is 11.8. The number of pyridine rings is 1. The van der Waals surface area contributed by atoms with Crippen LogP contribution in [0.15, 0.2) is 42.6 Å². The maximum atomic E-state index is 11.8. The van der Waals surface area contributed by atoms with Crippen molar-refractivity contribution in [2.75, 3.05) is 11.1 Å². The summed E-state index contributed by atoms with van der Waals surface area (Å²) in [4.78, 5) is 15.7. The van der Waals surface area contributed by atoms with Crippen molar-refractivity contribution in [1.29, 1.82) is 0 Å². The van der Waals surface area contributed by atoms with Gasteiger partial charge in [0.2, 0.25) is 0 Å². The Morgan fingerprint density at radius 3 is 2.71 bits per heavy atom. The van der Waals surface area contributed by atoms with Crippen LogP contribution in [0.3, 0.4) is 0 Å². The fourth-order valence-corrected chi connectivity index (χ4v) is 1.37. The number of nitrogens with zero attached hydrogens (tertiary/aromatic N) is 1. The summed E-state index contributed by atoms with van der Waals surface area (Å²) in [5.41, 5.74) is 6.38. The number of phenolic OH excluding ortho intramolecular Hbond substituents is 1. The minimum Gasteiger partial charge on any atom is -0.506 e. The molecule has 0 aliphatic heterocycles. The van der Waals surface area contributed by atoms with Crippen LogP contribution >= 0.6 is 0 Å². The van der Waals surface area contributed by atoms with Gasteiger partial charge >= 0.3 is 0 Å². The molecule has 86 valence electrons. The number of hydrogen-bond donors (Lipinski definition) is 3. The number of nitrogens with one attached hydrogen (secondary N) is 1. The van der Waals surface area contributed by atoms with Gasteiger partial charge in [0.1, 0.15) is 5.75 Å². The lowest BCUT2D eigenvalue weighted by molar-refractivity contribution is 0.102. The van der Waals surface area contributed by atoms with Gasteiger partial charge in [-0.25, -0.2) is 4.98 Å². The summed E-state index contributed by atoms with van der Waals surface area (Å²) in [5, 5.41) is 12.0. The van der Waals surface area contributed by atoms with Crippen LogP contribution in [0.1, 0.15) is 10.5 Å². The number of carbonyl (C=O) groups excluding carboxylic acids is 1. The molecule has 0 radical (unpaired) electrons. The third kappa shape index (κ3) is 2.34. The first-order valence-corrected chi connectivity index (χ1v) is 4.98. The van der Waals surface area contributed by atoms with Crippen molar-refractivity contribution < 1.29 is 9.90 Å². The molecule has 4 N–H and O–H groups in total. The van der Waals surface area contributed by atoms with E-state index in [0.29, 0.717) is 11.4 Å². The van der Waals surface area contributed by atoms with Crippen LogP contribution in [0.5, 0.6) is 5.75 Å². The highest BCUT2D eigenvalue weighted by atomic mass is 16.3. The molecule has 17 heavy (non-hydrogen) atoms. The summed E-state index contributed by atoms with van der Waals surface area (Å²) in [5.74, 6) is -0.458. The average Bonchev–Trinajstić information content (AvgIpc) is 2.32. The average molecular weight is 229 g/mol. The standard InChI is InChI=1S/C12H11N3O2/c13-8-4-3-7-14-11(8)12(17)15-9-5-1-2-6-10(9)16/h1-7,16H,13H2,(H,15,17). The molecule has 0 atom stereocenters. The van der Waals surface area contributed by atoms with Gasteiger partial charge in [-0.1, -0.05) is 12.1 Å². The first-order chi connectivity index (χ1) is 8.18. The van der Waals surface area contributed by atoms with Crippen LogP contribution in [-0.2, 0) is 0 Å². The summed E-state index contributed by atoms with van der Waals surface area (Å²) in [6.07, 6.45) is 1.48. The molecule has 1 amide bonds. The second-order valence-electron chi connectivity index (χ2n) is 3.41. The van der Waals surface area contributed by atoms with E-state index < -0.39 is 5.91 Å². The number of nitrogens with two attached hydrogens (primary N) is 1. The number of amides is 1. The van der Waals surface area contributed by atoms with Crippen LogP contribution in [0, 0.1) is 0 Å². The number of phenols is 1. The Labute approximate surface area is 97.9 Å². The lowest BCUT2D eigenvalue weighted by Gasteiger charge is -2.07. The Kier molecular flexibility index (Phi) is 2.91. The molecule has 2 aromatic rings. The monoisotopic (exact) mass is 229 g/mol. The number of benzene rings is 1. The zero-order valence-electron chi connectivity index (χ0n) is 8.92. The molecule has 1 aromatic carbocycles. The predicted octanol–water partition coefficient (Wildman–Crippen LogP) is 1.62. The normalized spacial score (nSPS) is 9.88. The highest BCUT2D eigenvalue weighted by molar-refractivity contribution is 6.06. The van der Waals surface area contributed by atoms with E-state index in [9.17, 15) is 9.90 Å². The molecule has 0 saturated carbocycles. The maximum Gasteiger partial charge on any atom is 0.276 e. The molecule has 0 unspecified atom stereocenters. The Bertz CT molecular complexity index is 555. The zero-order chi connectivity index (χ0) is 12.3. The fraction of sp³-hybridized carbons (Fsp3) is 0. The van der Waals surface area contributed by atoms with E-state index in [1.807, 2.05) is 0 Å². The zero-order valence-corrected chi connectivity index (χ0v) is 8.92. The fourth-order valence-electron chi connectivity index (χ4n) is 1.37. The summed E-state index contributed by atoms with van der Waals surface area (Å²) in [6, 6.07) is 9.68. The Hall–Kier alpha value is -2.56. The molecule has 0 aliphatic carbocycles. The molecule has 2 rings (SSSR count). The second-order valence-corrected chi connectivity index (χ2v) is 3.41. The van der Waals surface area contributed by atoms with Gasteiger partial charge < -0.3 is 16.2 Å². The van der Waals surface area contributed by atoms with E-state index in [4.69, 9.17) is 5.73 Å². The number of hydrogen-bond acceptors (Lipinski definition) is 4. The highest BCUT2D eigenvalue weighted by Crippen LogP contribution is 2.22. The molecule has 1 heterocycles. The summed E-state index contributed by atoms with van der Waals surface area (Å²) in [6.45, 7) is 0. The topological polar surface area (TPSA) is 88.2 Å². The third-order valence-corrected chi connectivity index (χ3v) is 2.21. The minimum atomic E-state index is -0.454. The quantitative estimate of drug-likeness (QED) is 0.683. The van der Waals surface area contributed by atoms with Crippen LogP contribution in [0.25, 0.3) is 0 Å². The molecule has 0 aliphatic rings. The second kappa shape index (κ2) is 4.52. The Morgan fingerprint density at radius 1 is 1.24 bits per heavy atom. The molecular weight excluding hydrogens is 218 g/mol. The van der Waals surface area contributed by atoms with E-state index in [1.54, 1.807) is 30.3 Å². The molecule has 5 heteroatoms. The first-order valence-electron chi connectivity index (χ1n) is 4.98. The van der Waals surface area contributed by atoms with Crippen molar-refractivity contribution in [1.82, 2.24) is 4.98 Å². The van der Waals surface area contributed by atoms with Crippen molar-refractivity contribution in [2.45, 2.75) is 0 Å². The molecule has 0 bridgehead atoms. The van der Waals surface area contributed by atoms with Crippen molar-refractivity contribution in [2.24, 2.45) is 0 Å². The SMILES string of the molecule is Nc1cccnc1C(=O)Nc1ccccc1O. The number of aromatic nitrogens is 1. The van der Waals surface area contributed by atoms with Gasteiger partial charge in [-0.15, -0.1) is 0 Å². The van der Waals surface area contributed by atoms with Crippen molar-refractivity contribution in [3.8, 4) is 5.75 Å². The molecule has 0 fully saturated rings. The number of rotatable bonds is 2. The molecular formula is C12H11N3O2. The van der Waals surface area contributed by atoms with Gasteiger partial charge in [0.15, 0.2) is 5.69 Å². The summed E-state index contributed by atoms with van der Waals surface area (Å²) < 4.78 is 0. The molecule has 5 nitrogen and oxygen atoms in total. The van der Waals surface area contributed by atoms with Crippen molar-refractivity contribution >= 4 is 17.3 Å². The number of anilines is 2. The van der Waals surface area contributed by atoms with E-state index in [1.165, 1.54) is 12.3 Å².